The van der Waals surface area contributed by atoms with Crippen LogP contribution < -0.4 is 13.1 Å². The molecule has 0 unspecified atom stereocenters. The minimum absolute atomic E-state index is 0.593. The Balaban J connectivity index is 2.11. The summed E-state index contributed by atoms with van der Waals surface area (Å²) < 4.78 is 5.78. The van der Waals surface area contributed by atoms with E-state index < -0.39 is 31.6 Å². The van der Waals surface area contributed by atoms with Gasteiger partial charge in [-0.3, -0.25) is 0 Å². The van der Waals surface area contributed by atoms with Gasteiger partial charge >= 0.3 is 251 Å². The van der Waals surface area contributed by atoms with E-state index in [1.165, 1.54) is 0 Å². The number of rotatable bonds is 9. The van der Waals surface area contributed by atoms with Crippen LogP contribution >= 0.6 is 0 Å². The van der Waals surface area contributed by atoms with Crippen LogP contribution in [0.25, 0.3) is 0 Å². The van der Waals surface area contributed by atoms with E-state index in [9.17, 15) is 0 Å². The van der Waals surface area contributed by atoms with E-state index in [1.807, 2.05) is 13.1 Å². The molecular formula is C36H51As3. The van der Waals surface area contributed by atoms with Gasteiger partial charge in [-0.15, -0.1) is 0 Å². The number of hydrogen-bond acceptors (Lipinski definition) is 0. The van der Waals surface area contributed by atoms with Crippen LogP contribution in [0.4, 0.5) is 0 Å². The molecule has 39 heavy (non-hydrogen) atoms. The molecule has 1 aliphatic rings. The summed E-state index contributed by atoms with van der Waals surface area (Å²) in [5.74, 6) is 3.56. The van der Waals surface area contributed by atoms with E-state index in [2.05, 4.69) is 138 Å². The third-order valence-corrected chi connectivity index (χ3v) is 80.7. The van der Waals surface area contributed by atoms with E-state index in [0.717, 1.165) is 0 Å². The average molecular weight is 709 g/mol. The maximum absolute atomic E-state index is 2.51. The summed E-state index contributed by atoms with van der Waals surface area (Å²) >= 11 is 0. The first-order valence-electron chi connectivity index (χ1n) is 15.2. The van der Waals surface area contributed by atoms with Gasteiger partial charge in [0.05, 0.1) is 0 Å². The molecule has 4 rings (SSSR count). The van der Waals surface area contributed by atoms with Crippen molar-refractivity contribution in [1.29, 1.82) is 0 Å². The van der Waals surface area contributed by atoms with Crippen molar-refractivity contribution in [1.82, 2.24) is 0 Å². The zero-order chi connectivity index (χ0) is 28.8. The fourth-order valence-corrected chi connectivity index (χ4v) is 126. The van der Waals surface area contributed by atoms with Gasteiger partial charge in [0.1, 0.15) is 0 Å². The van der Waals surface area contributed by atoms with Gasteiger partial charge in [-0.05, 0) is 0 Å². The minimum atomic E-state index is -1.24. The molecule has 3 aromatic rings. The summed E-state index contributed by atoms with van der Waals surface area (Å²) in [7, 11) is -3.71. The molecule has 0 aromatic heterocycles. The molecule has 3 aromatic carbocycles. The van der Waals surface area contributed by atoms with Crippen LogP contribution in [0.1, 0.15) is 152 Å². The zero-order valence-electron chi connectivity index (χ0n) is 26.5. The van der Waals surface area contributed by atoms with Crippen molar-refractivity contribution in [3.05, 3.63) is 88.0 Å². The first kappa shape index (κ1) is 31.3. The van der Waals surface area contributed by atoms with Crippen LogP contribution in [-0.4, -0.2) is 31.6 Å². The van der Waals surface area contributed by atoms with Gasteiger partial charge in [-0.25, -0.2) is 0 Å². The van der Waals surface area contributed by atoms with Crippen LogP contribution in [-0.2, 0) is 0 Å². The quantitative estimate of drug-likeness (QED) is 0.197. The predicted octanol–water partition coefficient (Wildman–Crippen LogP) is 8.18. The Hall–Kier alpha value is -0.665. The summed E-state index contributed by atoms with van der Waals surface area (Å²) in [6, 6.07) is 22.1. The van der Waals surface area contributed by atoms with E-state index in [-0.39, 0.29) is 0 Å². The SMILES string of the molecule is CC(C)c1cccc(C(C)C)c1[As]1[As](c2c(C(C)C)cccc2C(C)C)[As]1c1c(C(C)C)cccc1C(C)C. The molecule has 3 heteroatoms. The maximum atomic E-state index is 2.51. The van der Waals surface area contributed by atoms with Crippen LogP contribution in [0.15, 0.2) is 54.6 Å². The molecule has 210 valence electrons. The normalized spacial score (nSPS) is 19.4. The average Bonchev–Trinajstić information content (AvgIpc) is 3.61. The molecule has 0 saturated carbocycles. The molecule has 0 N–H and O–H groups in total. The molecule has 1 heterocycles. The molecule has 0 aliphatic carbocycles. The number of benzene rings is 3. The van der Waals surface area contributed by atoms with Gasteiger partial charge in [-0.1, -0.05) is 0 Å². The van der Waals surface area contributed by atoms with Gasteiger partial charge in [-0.2, -0.15) is 0 Å². The van der Waals surface area contributed by atoms with Crippen LogP contribution in [0, 0.1) is 0 Å². The van der Waals surface area contributed by atoms with Gasteiger partial charge in [0.15, 0.2) is 0 Å². The zero-order valence-corrected chi connectivity index (χ0v) is 32.1. The van der Waals surface area contributed by atoms with Crippen molar-refractivity contribution in [3.63, 3.8) is 0 Å². The Morgan fingerprint density at radius 3 is 0.590 bits per heavy atom. The molecule has 0 amide bonds. The van der Waals surface area contributed by atoms with Gasteiger partial charge < -0.3 is 0 Å². The fraction of sp³-hybridized carbons (Fsp3) is 0.500. The fourth-order valence-electron chi connectivity index (χ4n) is 5.92. The van der Waals surface area contributed by atoms with E-state index in [0.29, 0.717) is 35.5 Å². The Morgan fingerprint density at radius 1 is 0.308 bits per heavy atom. The molecule has 0 radical (unpaired) electrons. The number of hydrogen-bond donors (Lipinski definition) is 0. The van der Waals surface area contributed by atoms with E-state index >= 15 is 0 Å². The van der Waals surface area contributed by atoms with Crippen molar-refractivity contribution in [2.75, 3.05) is 0 Å². The Kier molecular flexibility index (Phi) is 10.2. The van der Waals surface area contributed by atoms with Crippen molar-refractivity contribution in [2.24, 2.45) is 0 Å². The summed E-state index contributed by atoms with van der Waals surface area (Å²) in [5.41, 5.74) is 10.2. The second-order valence-corrected chi connectivity index (χ2v) is 68.9. The molecule has 1 aliphatic heterocycles. The van der Waals surface area contributed by atoms with E-state index in [4.69, 9.17) is 0 Å². The van der Waals surface area contributed by atoms with E-state index in [1.54, 1.807) is 33.4 Å². The molecule has 1 fully saturated rings. The first-order valence-corrected chi connectivity index (χ1v) is 33.6. The van der Waals surface area contributed by atoms with Crippen LogP contribution in [0.3, 0.4) is 0 Å². The third kappa shape index (κ3) is 6.11. The molecule has 0 bridgehead atoms. The topological polar surface area (TPSA) is 0 Å². The molecule has 1 saturated heterocycles. The predicted molar refractivity (Wildman–Crippen MR) is 180 cm³/mol. The summed E-state index contributed by atoms with van der Waals surface area (Å²) in [6.45, 7) is 29.3. The van der Waals surface area contributed by atoms with Gasteiger partial charge in [0, 0.05) is 0 Å². The first-order chi connectivity index (χ1) is 18.4. The molecule has 0 spiro atoms. The Bertz CT molecular complexity index is 1050. The second kappa shape index (κ2) is 12.7. The van der Waals surface area contributed by atoms with Crippen molar-refractivity contribution in [2.45, 2.75) is 119 Å². The molecule has 0 nitrogen and oxygen atoms in total. The van der Waals surface area contributed by atoms with Crippen molar-refractivity contribution < 1.29 is 0 Å². The second-order valence-electron chi connectivity index (χ2n) is 13.2. The van der Waals surface area contributed by atoms with Crippen LogP contribution in [0.2, 0.25) is 0 Å². The summed E-state index contributed by atoms with van der Waals surface area (Å²) in [4.78, 5) is 0. The Morgan fingerprint density at radius 2 is 0.462 bits per heavy atom. The van der Waals surface area contributed by atoms with Crippen molar-refractivity contribution >= 4 is 44.6 Å². The monoisotopic (exact) mass is 708 g/mol. The van der Waals surface area contributed by atoms with Crippen molar-refractivity contribution in [3.8, 4) is 0 Å². The van der Waals surface area contributed by atoms with Crippen LogP contribution in [0.5, 0.6) is 0 Å². The molecular weight excluding hydrogens is 657 g/mol. The van der Waals surface area contributed by atoms with Gasteiger partial charge in [0.2, 0.25) is 0 Å². The Labute approximate surface area is 249 Å². The van der Waals surface area contributed by atoms with Gasteiger partial charge in [0.25, 0.3) is 0 Å². The summed E-state index contributed by atoms with van der Waals surface area (Å²) in [6.07, 6.45) is 0. The molecule has 0 atom stereocenters. The third-order valence-electron chi connectivity index (χ3n) is 8.14. The summed E-state index contributed by atoms with van der Waals surface area (Å²) in [5, 5.41) is 0. The standard InChI is InChI=1S/C36H51As3/c1-22(2)28-16-13-17-29(23(3)4)34(28)37-38(35-30(24(5)6)18-14-19-31(35)25(7)8)39(37)36-32(26(9)10)20-15-21-33(36)27(11)12/h13-27H,1-12H3.